The molecule has 1 amide bonds. The fourth-order valence-electron chi connectivity index (χ4n) is 2.61. The van der Waals surface area contributed by atoms with Crippen molar-refractivity contribution in [3.05, 3.63) is 46.8 Å². The summed E-state index contributed by atoms with van der Waals surface area (Å²) in [5.74, 6) is 1.47. The highest BCUT2D eigenvalue weighted by Crippen LogP contribution is 2.24. The van der Waals surface area contributed by atoms with E-state index in [0.717, 1.165) is 48.3 Å². The summed E-state index contributed by atoms with van der Waals surface area (Å²) in [7, 11) is 1.62. The van der Waals surface area contributed by atoms with Crippen LogP contribution >= 0.6 is 0 Å². The third kappa shape index (κ3) is 2.91. The van der Waals surface area contributed by atoms with Crippen molar-refractivity contribution in [1.82, 2.24) is 10.5 Å². The summed E-state index contributed by atoms with van der Waals surface area (Å²) in [5, 5.41) is 6.82. The lowest BCUT2D eigenvalue weighted by Crippen LogP contribution is -2.24. The van der Waals surface area contributed by atoms with Crippen LogP contribution in [0.4, 0.5) is 0 Å². The Bertz CT molecular complexity index is 649. The van der Waals surface area contributed by atoms with Gasteiger partial charge in [0.25, 0.3) is 5.91 Å². The number of hydrogen-bond acceptors (Lipinski definition) is 4. The fraction of sp³-hybridized carbons (Fsp3) is 0.375. The van der Waals surface area contributed by atoms with Crippen molar-refractivity contribution in [2.45, 2.75) is 32.2 Å². The van der Waals surface area contributed by atoms with Gasteiger partial charge in [0.15, 0.2) is 5.69 Å². The van der Waals surface area contributed by atoms with Crippen molar-refractivity contribution in [1.29, 1.82) is 0 Å². The van der Waals surface area contributed by atoms with Crippen molar-refractivity contribution in [3.63, 3.8) is 0 Å². The van der Waals surface area contributed by atoms with Crippen LogP contribution in [0.5, 0.6) is 5.75 Å². The largest absolute Gasteiger partial charge is 0.497 e. The van der Waals surface area contributed by atoms with E-state index in [0.29, 0.717) is 12.2 Å². The van der Waals surface area contributed by atoms with Gasteiger partial charge in [-0.05, 0) is 37.0 Å². The Hall–Kier alpha value is -2.30. The molecule has 1 aromatic carbocycles. The molecular formula is C16H18N2O3. The normalized spacial score (nSPS) is 13.6. The van der Waals surface area contributed by atoms with Crippen LogP contribution in [-0.4, -0.2) is 18.2 Å². The summed E-state index contributed by atoms with van der Waals surface area (Å²) in [6.07, 6.45) is 3.95. The average Bonchev–Trinajstić information content (AvgIpc) is 2.97. The van der Waals surface area contributed by atoms with Gasteiger partial charge in [0, 0.05) is 18.5 Å². The van der Waals surface area contributed by atoms with Crippen LogP contribution in [0.15, 0.2) is 28.8 Å². The molecule has 1 aliphatic carbocycles. The Labute approximate surface area is 123 Å². The van der Waals surface area contributed by atoms with E-state index >= 15 is 0 Å². The number of aromatic nitrogens is 1. The zero-order valence-electron chi connectivity index (χ0n) is 12.0. The van der Waals surface area contributed by atoms with Gasteiger partial charge in [-0.1, -0.05) is 17.3 Å². The number of fused-ring (bicyclic) bond motifs is 1. The van der Waals surface area contributed by atoms with Crippen LogP contribution in [0.1, 0.15) is 40.2 Å². The van der Waals surface area contributed by atoms with Gasteiger partial charge in [-0.3, -0.25) is 4.79 Å². The summed E-state index contributed by atoms with van der Waals surface area (Å²) >= 11 is 0. The molecule has 0 unspecified atom stereocenters. The molecule has 2 aromatic rings. The number of ether oxygens (including phenoxy) is 1. The van der Waals surface area contributed by atoms with Crippen LogP contribution in [0.3, 0.4) is 0 Å². The fourth-order valence-corrected chi connectivity index (χ4v) is 2.61. The molecule has 21 heavy (non-hydrogen) atoms. The number of rotatable bonds is 4. The first-order valence-electron chi connectivity index (χ1n) is 7.16. The SMILES string of the molecule is COc1cccc(CNC(=O)c2noc3c2CCCC3)c1. The molecule has 3 rings (SSSR count). The zero-order chi connectivity index (χ0) is 14.7. The van der Waals surface area contributed by atoms with Gasteiger partial charge in [-0.15, -0.1) is 0 Å². The molecule has 0 spiro atoms. The Morgan fingerprint density at radius 1 is 1.38 bits per heavy atom. The molecule has 1 N–H and O–H groups in total. The van der Waals surface area contributed by atoms with E-state index in [1.54, 1.807) is 7.11 Å². The number of methoxy groups -OCH3 is 1. The van der Waals surface area contributed by atoms with Gasteiger partial charge in [-0.2, -0.15) is 0 Å². The number of benzene rings is 1. The predicted molar refractivity (Wildman–Crippen MR) is 77.3 cm³/mol. The van der Waals surface area contributed by atoms with Gasteiger partial charge in [0.05, 0.1) is 7.11 Å². The Morgan fingerprint density at radius 3 is 3.10 bits per heavy atom. The lowest BCUT2D eigenvalue weighted by atomic mass is 9.96. The minimum atomic E-state index is -0.176. The smallest absolute Gasteiger partial charge is 0.274 e. The Balaban J connectivity index is 1.67. The molecule has 0 fully saturated rings. The second-order valence-electron chi connectivity index (χ2n) is 5.17. The van der Waals surface area contributed by atoms with Crippen LogP contribution in [0, 0.1) is 0 Å². The third-order valence-electron chi connectivity index (χ3n) is 3.75. The molecule has 0 saturated carbocycles. The molecule has 1 heterocycles. The van der Waals surface area contributed by atoms with Crippen LogP contribution in [0.2, 0.25) is 0 Å². The summed E-state index contributed by atoms with van der Waals surface area (Å²) < 4.78 is 10.4. The zero-order valence-corrected chi connectivity index (χ0v) is 12.0. The summed E-state index contributed by atoms with van der Waals surface area (Å²) in [4.78, 5) is 12.2. The second kappa shape index (κ2) is 5.99. The predicted octanol–water partition coefficient (Wildman–Crippen LogP) is 2.49. The van der Waals surface area contributed by atoms with Crippen molar-refractivity contribution >= 4 is 5.91 Å². The average molecular weight is 286 g/mol. The Morgan fingerprint density at radius 2 is 2.24 bits per heavy atom. The van der Waals surface area contributed by atoms with Gasteiger partial charge in [-0.25, -0.2) is 0 Å². The molecule has 1 aromatic heterocycles. The number of nitrogens with one attached hydrogen (secondary N) is 1. The third-order valence-corrected chi connectivity index (χ3v) is 3.75. The monoisotopic (exact) mass is 286 g/mol. The summed E-state index contributed by atoms with van der Waals surface area (Å²) in [6.45, 7) is 0.442. The van der Waals surface area contributed by atoms with E-state index in [-0.39, 0.29) is 5.91 Å². The minimum Gasteiger partial charge on any atom is -0.497 e. The maximum atomic E-state index is 12.2. The van der Waals surface area contributed by atoms with Crippen molar-refractivity contribution < 1.29 is 14.1 Å². The van der Waals surface area contributed by atoms with E-state index in [1.165, 1.54) is 0 Å². The Kier molecular flexibility index (Phi) is 3.90. The quantitative estimate of drug-likeness (QED) is 0.938. The maximum absolute atomic E-state index is 12.2. The van der Waals surface area contributed by atoms with Gasteiger partial charge >= 0.3 is 0 Å². The molecule has 0 bridgehead atoms. The highest BCUT2D eigenvalue weighted by atomic mass is 16.5. The molecule has 5 nitrogen and oxygen atoms in total. The molecule has 110 valence electrons. The molecule has 1 aliphatic rings. The summed E-state index contributed by atoms with van der Waals surface area (Å²) in [5.41, 5.74) is 2.40. The molecule has 5 heteroatoms. The van der Waals surface area contributed by atoms with Crippen LogP contribution in [0.25, 0.3) is 0 Å². The van der Waals surface area contributed by atoms with Gasteiger partial charge < -0.3 is 14.6 Å². The lowest BCUT2D eigenvalue weighted by molar-refractivity contribution is 0.0941. The maximum Gasteiger partial charge on any atom is 0.274 e. The van der Waals surface area contributed by atoms with Gasteiger partial charge in [0.2, 0.25) is 0 Å². The lowest BCUT2D eigenvalue weighted by Gasteiger charge is -2.09. The molecule has 0 saturated heterocycles. The number of carbonyl (C=O) groups is 1. The van der Waals surface area contributed by atoms with Crippen LogP contribution < -0.4 is 10.1 Å². The minimum absolute atomic E-state index is 0.176. The van der Waals surface area contributed by atoms with Crippen LogP contribution in [-0.2, 0) is 19.4 Å². The standard InChI is InChI=1S/C16H18N2O3/c1-20-12-6-4-5-11(9-12)10-17-16(19)15-13-7-2-3-8-14(13)21-18-15/h4-6,9H,2-3,7-8,10H2,1H3,(H,17,19). The second-order valence-corrected chi connectivity index (χ2v) is 5.17. The molecule has 0 atom stereocenters. The summed E-state index contributed by atoms with van der Waals surface area (Å²) in [6, 6.07) is 7.62. The first-order chi connectivity index (χ1) is 10.3. The highest BCUT2D eigenvalue weighted by Gasteiger charge is 2.23. The number of aryl methyl sites for hydroxylation is 1. The highest BCUT2D eigenvalue weighted by molar-refractivity contribution is 5.93. The van der Waals surface area contributed by atoms with E-state index < -0.39 is 0 Å². The first kappa shape index (κ1) is 13.7. The first-order valence-corrected chi connectivity index (χ1v) is 7.16. The van der Waals surface area contributed by atoms with Gasteiger partial charge in [0.1, 0.15) is 11.5 Å². The number of amides is 1. The van der Waals surface area contributed by atoms with Crippen molar-refractivity contribution in [2.24, 2.45) is 0 Å². The van der Waals surface area contributed by atoms with E-state index in [9.17, 15) is 4.79 Å². The molecule has 0 aliphatic heterocycles. The number of carbonyl (C=O) groups excluding carboxylic acids is 1. The number of nitrogens with zero attached hydrogens (tertiary/aromatic N) is 1. The van der Waals surface area contributed by atoms with E-state index in [4.69, 9.17) is 9.26 Å². The van der Waals surface area contributed by atoms with Crippen molar-refractivity contribution in [3.8, 4) is 5.75 Å². The molecular weight excluding hydrogens is 268 g/mol. The molecule has 0 radical (unpaired) electrons. The topological polar surface area (TPSA) is 64.4 Å². The van der Waals surface area contributed by atoms with E-state index in [1.807, 2.05) is 24.3 Å². The van der Waals surface area contributed by atoms with E-state index in [2.05, 4.69) is 10.5 Å². The number of hydrogen-bond donors (Lipinski definition) is 1. The van der Waals surface area contributed by atoms with Crippen molar-refractivity contribution in [2.75, 3.05) is 7.11 Å².